The van der Waals surface area contributed by atoms with Crippen molar-refractivity contribution in [3.05, 3.63) is 28.2 Å². The number of methoxy groups -OCH3 is 1. The van der Waals surface area contributed by atoms with Crippen LogP contribution in [-0.2, 0) is 7.05 Å². The fourth-order valence-corrected chi connectivity index (χ4v) is 0.885. The van der Waals surface area contributed by atoms with Crippen LogP contribution in [0.2, 0.25) is 0 Å². The van der Waals surface area contributed by atoms with Crippen LogP contribution in [0.25, 0.3) is 0 Å². The molecule has 1 aromatic heterocycles. The Hall–Kier alpha value is -1.44. The molecule has 1 aromatic rings. The van der Waals surface area contributed by atoms with Crippen LogP contribution in [0.3, 0.4) is 0 Å². The van der Waals surface area contributed by atoms with Crippen LogP contribution in [0.4, 0.5) is 0 Å². The van der Waals surface area contributed by atoms with Crippen molar-refractivity contribution in [2.75, 3.05) is 7.11 Å². The molecule has 0 amide bonds. The number of aryl methyl sites for hydroxylation is 1. The second-order valence-electron chi connectivity index (χ2n) is 3.06. The van der Waals surface area contributed by atoms with E-state index >= 15 is 0 Å². The number of pyridine rings is 1. The molecule has 0 saturated heterocycles. The molecule has 1 rings (SSSR count). The molecular formula is C8H8B5N2O2. The predicted molar refractivity (Wildman–Crippen MR) is 71.7 cm³/mol. The molecule has 1 heterocycles. The first kappa shape index (κ1) is 15.6. The van der Waals surface area contributed by atoms with Gasteiger partial charge >= 0.3 is 0 Å². The normalized spacial score (nSPS) is 8.29. The van der Waals surface area contributed by atoms with Gasteiger partial charge in [-0.15, -0.1) is 0 Å². The molecule has 0 unspecified atom stereocenters. The Balaban J connectivity index is 0.000000437. The Bertz CT molecular complexity index is 454. The number of hydrogen-bond donors (Lipinski definition) is 0. The van der Waals surface area contributed by atoms with E-state index < -0.39 is 6.39 Å². The maximum atomic E-state index is 11.2. The van der Waals surface area contributed by atoms with Gasteiger partial charge in [-0.3, -0.25) is 4.79 Å². The van der Waals surface area contributed by atoms with Gasteiger partial charge in [0, 0.05) is 49.9 Å². The van der Waals surface area contributed by atoms with Gasteiger partial charge in [0.1, 0.15) is 11.8 Å². The summed E-state index contributed by atoms with van der Waals surface area (Å²) in [6.07, 6.45) is 1.09. The van der Waals surface area contributed by atoms with Crippen LogP contribution in [0.5, 0.6) is 5.75 Å². The molecule has 0 saturated carbocycles. The molecule has 0 aliphatic carbocycles. The van der Waals surface area contributed by atoms with E-state index in [0.29, 0.717) is 5.75 Å². The molecule has 0 N–H and O–H groups in total. The Morgan fingerprint density at radius 3 is 2.47 bits per heavy atom. The first-order valence-corrected chi connectivity index (χ1v) is 4.67. The molecule has 0 aliphatic rings. The molecule has 0 aliphatic heterocycles. The molecule has 0 bridgehead atoms. The summed E-state index contributed by atoms with van der Waals surface area (Å²) in [5.74, 6) is 0.320. The third-order valence-corrected chi connectivity index (χ3v) is 1.78. The molecule has 0 fully saturated rings. The van der Waals surface area contributed by atoms with Crippen LogP contribution in [0.1, 0.15) is 5.56 Å². The van der Waals surface area contributed by atoms with E-state index in [0.717, 1.165) is 0 Å². The average molecular weight is 218 g/mol. The summed E-state index contributed by atoms with van der Waals surface area (Å²) in [5.41, 5.74) is -0.292. The van der Waals surface area contributed by atoms with Crippen LogP contribution in [-0.4, -0.2) is 48.3 Å². The van der Waals surface area contributed by atoms with Gasteiger partial charge < -0.3 is 9.30 Å². The van der Waals surface area contributed by atoms with Gasteiger partial charge in [-0.1, -0.05) is 0 Å². The SMILES string of the molecule is COc1ccn(C)c(=O)c1C#N.[B][B]B([B])[B]. The smallest absolute Gasteiger partial charge is 0.272 e. The van der Waals surface area contributed by atoms with Crippen molar-refractivity contribution in [3.8, 4) is 11.8 Å². The number of aromatic nitrogens is 1. The number of hydrogen-bond acceptors (Lipinski definition) is 3. The highest BCUT2D eigenvalue weighted by Gasteiger charge is 2.06. The van der Waals surface area contributed by atoms with Gasteiger partial charge in [0.15, 0.2) is 5.56 Å². The summed E-state index contributed by atoms with van der Waals surface area (Å²) in [6, 6.07) is 3.38. The van der Waals surface area contributed by atoms with Crippen molar-refractivity contribution in [2.45, 2.75) is 0 Å². The molecule has 9 heteroatoms. The zero-order valence-electron chi connectivity index (χ0n) is 9.75. The van der Waals surface area contributed by atoms with Crippen molar-refractivity contribution in [3.63, 3.8) is 0 Å². The monoisotopic (exact) mass is 219 g/mol. The molecule has 77 valence electrons. The lowest BCUT2D eigenvalue weighted by Crippen LogP contribution is -2.23. The lowest BCUT2D eigenvalue weighted by atomic mass is 8.97. The third-order valence-electron chi connectivity index (χ3n) is 1.78. The van der Waals surface area contributed by atoms with Gasteiger partial charge in [-0.05, 0) is 6.07 Å². The lowest BCUT2D eigenvalue weighted by molar-refractivity contribution is 0.411. The maximum absolute atomic E-state index is 11.2. The Morgan fingerprint density at radius 1 is 1.59 bits per heavy atom. The molecule has 0 atom stereocenters. The molecule has 0 spiro atoms. The molecule has 17 heavy (non-hydrogen) atoms. The first-order chi connectivity index (χ1) is 7.97. The predicted octanol–water partition coefficient (Wildman–Crippen LogP) is -1.64. The third kappa shape index (κ3) is 4.94. The number of rotatable bonds is 2. The van der Waals surface area contributed by atoms with E-state index in [1.807, 2.05) is 0 Å². The Labute approximate surface area is 106 Å². The highest BCUT2D eigenvalue weighted by atomic mass is 16.5. The topological polar surface area (TPSA) is 55.0 Å². The quantitative estimate of drug-likeness (QED) is 0.560. The van der Waals surface area contributed by atoms with Gasteiger partial charge in [0.2, 0.25) is 0 Å². The summed E-state index contributed by atoms with van der Waals surface area (Å²) in [5, 5.41) is 8.61. The van der Waals surface area contributed by atoms with Gasteiger partial charge in [-0.2, -0.15) is 5.26 Å². The van der Waals surface area contributed by atoms with Gasteiger partial charge in [0.05, 0.1) is 7.11 Å². The summed E-state index contributed by atoms with van der Waals surface area (Å²) in [4.78, 5) is 11.2. The summed E-state index contributed by atoms with van der Waals surface area (Å²) < 4.78 is 6.17. The van der Waals surface area contributed by atoms with E-state index in [4.69, 9.17) is 33.2 Å². The minimum absolute atomic E-state index is 0.0440. The fourth-order valence-electron chi connectivity index (χ4n) is 0.885. The lowest BCUT2D eigenvalue weighted by Gasteiger charge is -2.02. The van der Waals surface area contributed by atoms with Crippen LogP contribution in [0.15, 0.2) is 17.1 Å². The molecule has 0 aromatic carbocycles. The summed E-state index contributed by atoms with van der Waals surface area (Å²) in [6.45, 7) is 0. The maximum Gasteiger partial charge on any atom is 0.272 e. The Kier molecular flexibility index (Phi) is 7.12. The minimum Gasteiger partial charge on any atom is -0.495 e. The van der Waals surface area contributed by atoms with Crippen molar-refractivity contribution in [1.82, 2.24) is 4.57 Å². The summed E-state index contributed by atoms with van der Waals surface area (Å²) >= 11 is 0. The van der Waals surface area contributed by atoms with E-state index in [2.05, 4.69) is 0 Å². The second-order valence-corrected chi connectivity index (χ2v) is 3.06. The van der Waals surface area contributed by atoms with Crippen LogP contribution in [0, 0.1) is 11.3 Å². The minimum atomic E-state index is -0.463. The van der Waals surface area contributed by atoms with Crippen LogP contribution < -0.4 is 10.3 Å². The second kappa shape index (κ2) is 7.78. The van der Waals surface area contributed by atoms with Crippen molar-refractivity contribution >= 4 is 36.7 Å². The molecule has 4 nitrogen and oxygen atoms in total. The van der Waals surface area contributed by atoms with Gasteiger partial charge in [-0.25, -0.2) is 0 Å². The Morgan fingerprint density at radius 2 is 2.12 bits per heavy atom. The molecular weight excluding hydrogens is 210 g/mol. The van der Waals surface area contributed by atoms with E-state index in [1.54, 1.807) is 25.4 Å². The fraction of sp³-hybridized carbons (Fsp3) is 0.250. The standard InChI is InChI=1S/C8H8N2O2.B5/c1-10-4-3-7(12-2)6(5-9)8(10)11;1-4-5(2)3/h3-4H,1-2H3;. The summed E-state index contributed by atoms with van der Waals surface area (Å²) in [7, 11) is 18.8. The van der Waals surface area contributed by atoms with E-state index in [1.165, 1.54) is 18.7 Å². The number of ether oxygens (including phenoxy) is 1. The largest absolute Gasteiger partial charge is 0.495 e. The van der Waals surface area contributed by atoms with Crippen LogP contribution >= 0.6 is 0 Å². The van der Waals surface area contributed by atoms with Crippen molar-refractivity contribution in [1.29, 1.82) is 5.26 Å². The zero-order valence-corrected chi connectivity index (χ0v) is 9.75. The highest BCUT2D eigenvalue weighted by molar-refractivity contribution is 7.60. The zero-order chi connectivity index (χ0) is 13.4. The highest BCUT2D eigenvalue weighted by Crippen LogP contribution is 2.10. The average Bonchev–Trinajstić information content (AvgIpc) is 2.33. The number of nitriles is 1. The first-order valence-electron chi connectivity index (χ1n) is 4.67. The molecule has 7 radical (unpaired) electrons. The van der Waals surface area contributed by atoms with E-state index in [9.17, 15) is 4.79 Å². The number of nitrogens with zero attached hydrogens (tertiary/aromatic N) is 2. The van der Waals surface area contributed by atoms with Crippen molar-refractivity contribution in [2.24, 2.45) is 7.05 Å². The van der Waals surface area contributed by atoms with Gasteiger partial charge in [0.25, 0.3) is 5.56 Å². The van der Waals surface area contributed by atoms with Crippen molar-refractivity contribution < 1.29 is 4.74 Å². The van der Waals surface area contributed by atoms with E-state index in [-0.39, 0.29) is 11.1 Å².